The minimum absolute atomic E-state index is 0.132. The Hall–Kier alpha value is -3.90. The SMILES string of the molecule is O=S(=O)(Nc1cccc(CC2COc3ccc(OCc4ccc5cc(F)ccc5n4)cc3C2O)c1)C(F)(F)F. The molecule has 4 aromatic rings. The van der Waals surface area contributed by atoms with E-state index in [1.54, 1.807) is 42.5 Å². The zero-order valence-corrected chi connectivity index (χ0v) is 21.0. The van der Waals surface area contributed by atoms with E-state index < -0.39 is 27.6 Å². The van der Waals surface area contributed by atoms with Gasteiger partial charge in [-0.25, -0.2) is 9.37 Å². The molecule has 0 bridgehead atoms. The smallest absolute Gasteiger partial charge is 0.493 e. The van der Waals surface area contributed by atoms with Gasteiger partial charge in [0.15, 0.2) is 0 Å². The minimum Gasteiger partial charge on any atom is -0.493 e. The number of nitrogens with one attached hydrogen (secondary N) is 1. The molecule has 1 aliphatic rings. The molecule has 0 aliphatic carbocycles. The lowest BCUT2D eigenvalue weighted by Crippen LogP contribution is -2.30. The van der Waals surface area contributed by atoms with E-state index in [9.17, 15) is 31.1 Å². The Balaban J connectivity index is 1.27. The topological polar surface area (TPSA) is 97.8 Å². The van der Waals surface area contributed by atoms with Crippen molar-refractivity contribution in [2.24, 2.45) is 5.92 Å². The number of aromatic nitrogens is 1. The van der Waals surface area contributed by atoms with Crippen molar-refractivity contribution in [3.63, 3.8) is 0 Å². The fourth-order valence-electron chi connectivity index (χ4n) is 4.35. The van der Waals surface area contributed by atoms with Crippen molar-refractivity contribution in [3.8, 4) is 11.5 Å². The summed E-state index contributed by atoms with van der Waals surface area (Å²) in [5, 5.41) is 11.7. The predicted octanol–water partition coefficient (Wildman–Crippen LogP) is 5.50. The summed E-state index contributed by atoms with van der Waals surface area (Å²) in [5.74, 6) is 0.134. The number of anilines is 1. The summed E-state index contributed by atoms with van der Waals surface area (Å²) in [6, 6.07) is 18.4. The van der Waals surface area contributed by atoms with Crippen molar-refractivity contribution in [1.82, 2.24) is 4.98 Å². The molecule has 204 valence electrons. The zero-order chi connectivity index (χ0) is 27.8. The second kappa shape index (κ2) is 10.3. The first-order valence-corrected chi connectivity index (χ1v) is 13.3. The molecule has 2 heterocycles. The summed E-state index contributed by atoms with van der Waals surface area (Å²) in [4.78, 5) is 4.46. The van der Waals surface area contributed by atoms with Crippen LogP contribution in [0.3, 0.4) is 0 Å². The molecular weight excluding hydrogens is 540 g/mol. The lowest BCUT2D eigenvalue weighted by molar-refractivity contribution is -0.0429. The number of nitrogens with zero attached hydrogens (tertiary/aromatic N) is 1. The largest absolute Gasteiger partial charge is 0.516 e. The molecule has 0 radical (unpaired) electrons. The Morgan fingerprint density at radius 3 is 2.67 bits per heavy atom. The minimum atomic E-state index is -5.55. The molecule has 12 heteroatoms. The molecule has 0 saturated heterocycles. The van der Waals surface area contributed by atoms with Gasteiger partial charge in [0.2, 0.25) is 0 Å². The molecule has 5 rings (SSSR count). The molecule has 0 spiro atoms. The van der Waals surface area contributed by atoms with Crippen LogP contribution < -0.4 is 14.2 Å². The summed E-state index contributed by atoms with van der Waals surface area (Å²) >= 11 is 0. The number of hydrogen-bond acceptors (Lipinski definition) is 6. The van der Waals surface area contributed by atoms with Gasteiger partial charge >= 0.3 is 15.5 Å². The van der Waals surface area contributed by atoms with Crippen molar-refractivity contribution in [1.29, 1.82) is 0 Å². The van der Waals surface area contributed by atoms with Gasteiger partial charge in [-0.1, -0.05) is 18.2 Å². The van der Waals surface area contributed by atoms with Gasteiger partial charge in [-0.05, 0) is 66.6 Å². The Bertz CT molecular complexity index is 1630. The number of sulfonamides is 1. The van der Waals surface area contributed by atoms with Crippen LogP contribution in [0.2, 0.25) is 0 Å². The van der Waals surface area contributed by atoms with Crippen molar-refractivity contribution >= 4 is 26.6 Å². The maximum Gasteiger partial charge on any atom is 0.516 e. The number of aliphatic hydroxyl groups excluding tert-OH is 1. The van der Waals surface area contributed by atoms with E-state index in [0.717, 1.165) is 0 Å². The standard InChI is InChI=1S/C27H22F4N2O5S/c28-19-5-8-24-17(12-19)4-6-21(32-24)15-37-22-7-9-25-23(13-22)26(34)18(14-38-25)10-16-2-1-3-20(11-16)33-39(35,36)27(29,30)31/h1-9,11-13,18,26,33-34H,10,14-15H2. The van der Waals surface area contributed by atoms with Gasteiger partial charge in [0, 0.05) is 22.6 Å². The van der Waals surface area contributed by atoms with Gasteiger partial charge in [-0.3, -0.25) is 4.72 Å². The maximum absolute atomic E-state index is 13.4. The second-order valence-corrected chi connectivity index (χ2v) is 10.8. The summed E-state index contributed by atoms with van der Waals surface area (Å²) in [5.41, 5.74) is -3.42. The van der Waals surface area contributed by atoms with Crippen LogP contribution in [0.5, 0.6) is 11.5 Å². The molecule has 0 saturated carbocycles. The highest BCUT2D eigenvalue weighted by molar-refractivity contribution is 7.93. The first-order valence-electron chi connectivity index (χ1n) is 11.8. The highest BCUT2D eigenvalue weighted by atomic mass is 32.2. The summed E-state index contributed by atoms with van der Waals surface area (Å²) in [6.45, 7) is 0.279. The van der Waals surface area contributed by atoms with Gasteiger partial charge < -0.3 is 14.6 Å². The molecule has 0 amide bonds. The van der Waals surface area contributed by atoms with Crippen LogP contribution in [-0.4, -0.2) is 30.6 Å². The number of pyridine rings is 1. The van der Waals surface area contributed by atoms with E-state index in [-0.39, 0.29) is 31.1 Å². The van der Waals surface area contributed by atoms with Gasteiger partial charge in [-0.15, -0.1) is 0 Å². The van der Waals surface area contributed by atoms with E-state index in [1.807, 2.05) is 0 Å². The van der Waals surface area contributed by atoms with Crippen LogP contribution in [0.1, 0.15) is 22.9 Å². The number of benzene rings is 3. The Morgan fingerprint density at radius 1 is 1.05 bits per heavy atom. The van der Waals surface area contributed by atoms with Crippen molar-refractivity contribution in [3.05, 3.63) is 95.4 Å². The fraction of sp³-hybridized carbons (Fsp3) is 0.222. The lowest BCUT2D eigenvalue weighted by atomic mass is 9.88. The quantitative estimate of drug-likeness (QED) is 0.289. The van der Waals surface area contributed by atoms with Crippen molar-refractivity contribution < 1.29 is 40.6 Å². The summed E-state index contributed by atoms with van der Waals surface area (Å²) < 4.78 is 87.6. The zero-order valence-electron chi connectivity index (χ0n) is 20.2. The first-order chi connectivity index (χ1) is 18.5. The normalized spacial score (nSPS) is 17.4. The molecular formula is C27H22F4N2O5S. The van der Waals surface area contributed by atoms with Crippen molar-refractivity contribution in [2.45, 2.75) is 24.6 Å². The summed E-state index contributed by atoms with van der Waals surface area (Å²) in [6.07, 6.45) is -0.754. The number of fused-ring (bicyclic) bond motifs is 2. The van der Waals surface area contributed by atoms with E-state index in [0.29, 0.717) is 39.2 Å². The van der Waals surface area contributed by atoms with E-state index in [1.165, 1.54) is 35.1 Å². The number of hydrogen-bond donors (Lipinski definition) is 2. The van der Waals surface area contributed by atoms with Crippen LogP contribution in [0.25, 0.3) is 10.9 Å². The molecule has 7 nitrogen and oxygen atoms in total. The molecule has 3 aromatic carbocycles. The molecule has 39 heavy (non-hydrogen) atoms. The number of aliphatic hydroxyl groups is 1. The average Bonchev–Trinajstić information content (AvgIpc) is 2.88. The number of halogens is 4. The third-order valence-electron chi connectivity index (χ3n) is 6.28. The Labute approximate surface area is 221 Å². The van der Waals surface area contributed by atoms with Crippen LogP contribution >= 0.6 is 0 Å². The number of alkyl halides is 3. The second-order valence-electron chi connectivity index (χ2n) is 9.10. The van der Waals surface area contributed by atoms with Crippen LogP contribution in [-0.2, 0) is 23.1 Å². The predicted molar refractivity (Wildman–Crippen MR) is 135 cm³/mol. The third kappa shape index (κ3) is 5.91. The molecule has 2 unspecified atom stereocenters. The molecule has 2 atom stereocenters. The van der Waals surface area contributed by atoms with E-state index in [2.05, 4.69) is 4.98 Å². The van der Waals surface area contributed by atoms with Crippen LogP contribution in [0, 0.1) is 11.7 Å². The number of rotatable bonds is 7. The molecule has 2 N–H and O–H groups in total. The number of ether oxygens (including phenoxy) is 2. The van der Waals surface area contributed by atoms with Gasteiger partial charge in [-0.2, -0.15) is 21.6 Å². The highest BCUT2D eigenvalue weighted by Gasteiger charge is 2.46. The van der Waals surface area contributed by atoms with Crippen LogP contribution in [0.4, 0.5) is 23.2 Å². The van der Waals surface area contributed by atoms with Gasteiger partial charge in [0.25, 0.3) is 0 Å². The van der Waals surface area contributed by atoms with E-state index >= 15 is 0 Å². The van der Waals surface area contributed by atoms with E-state index in [4.69, 9.17) is 9.47 Å². The van der Waals surface area contributed by atoms with Crippen LogP contribution in [0.15, 0.2) is 72.8 Å². The van der Waals surface area contributed by atoms with Gasteiger partial charge in [0.05, 0.1) is 23.9 Å². The Morgan fingerprint density at radius 2 is 1.87 bits per heavy atom. The maximum atomic E-state index is 13.4. The molecule has 1 aromatic heterocycles. The fourth-order valence-corrected chi connectivity index (χ4v) is 4.90. The lowest BCUT2D eigenvalue weighted by Gasteiger charge is -2.30. The monoisotopic (exact) mass is 562 g/mol. The van der Waals surface area contributed by atoms with Gasteiger partial charge in [0.1, 0.15) is 23.9 Å². The highest BCUT2D eigenvalue weighted by Crippen LogP contribution is 2.39. The average molecular weight is 563 g/mol. The molecule has 0 fully saturated rings. The summed E-state index contributed by atoms with van der Waals surface area (Å²) in [7, 11) is -5.55. The first kappa shape index (κ1) is 26.7. The third-order valence-corrected chi connectivity index (χ3v) is 7.39. The Kier molecular flexibility index (Phi) is 7.08. The van der Waals surface area contributed by atoms with Crippen molar-refractivity contribution in [2.75, 3.05) is 11.3 Å². The molecule has 1 aliphatic heterocycles.